The summed E-state index contributed by atoms with van der Waals surface area (Å²) in [4.78, 5) is 20.1. The monoisotopic (exact) mass is 389 g/mol. The van der Waals surface area contributed by atoms with Gasteiger partial charge in [-0.1, -0.05) is 0 Å². The standard InChI is InChI=1S/C19H27N5O2S/c1-13-18(27-12-20-13)16-10-15(23(2)22-16)11-24-7-5-14(6-8-24)21-19(25)17-4-3-9-26-17/h10,12,14,17H,3-9,11H2,1-2H3,(H,21,25). The van der Waals surface area contributed by atoms with Crippen LogP contribution >= 0.6 is 11.3 Å². The molecule has 27 heavy (non-hydrogen) atoms. The lowest BCUT2D eigenvalue weighted by Gasteiger charge is -2.32. The second kappa shape index (κ2) is 8.08. The van der Waals surface area contributed by atoms with Gasteiger partial charge < -0.3 is 10.1 Å². The first kappa shape index (κ1) is 18.6. The molecule has 0 radical (unpaired) electrons. The van der Waals surface area contributed by atoms with Gasteiger partial charge in [-0.15, -0.1) is 11.3 Å². The molecule has 4 rings (SSSR count). The first-order chi connectivity index (χ1) is 13.1. The zero-order valence-corrected chi connectivity index (χ0v) is 16.8. The maximum atomic E-state index is 12.2. The second-order valence-electron chi connectivity index (χ2n) is 7.47. The van der Waals surface area contributed by atoms with E-state index in [4.69, 9.17) is 4.74 Å². The van der Waals surface area contributed by atoms with Crippen molar-refractivity contribution in [3.8, 4) is 10.6 Å². The number of nitrogens with one attached hydrogen (secondary N) is 1. The molecule has 2 aromatic heterocycles. The van der Waals surface area contributed by atoms with Gasteiger partial charge in [0.25, 0.3) is 0 Å². The van der Waals surface area contributed by atoms with Crippen molar-refractivity contribution in [1.82, 2.24) is 25.0 Å². The highest BCUT2D eigenvalue weighted by Crippen LogP contribution is 2.27. The van der Waals surface area contributed by atoms with Crippen molar-refractivity contribution in [2.24, 2.45) is 7.05 Å². The van der Waals surface area contributed by atoms with Crippen LogP contribution in [0.15, 0.2) is 11.6 Å². The molecule has 1 N–H and O–H groups in total. The van der Waals surface area contributed by atoms with Gasteiger partial charge in [-0.25, -0.2) is 4.98 Å². The van der Waals surface area contributed by atoms with Gasteiger partial charge in [-0.3, -0.25) is 14.4 Å². The molecule has 2 aliphatic heterocycles. The normalized spacial score (nSPS) is 21.6. The number of aryl methyl sites for hydroxylation is 2. The van der Waals surface area contributed by atoms with Crippen LogP contribution < -0.4 is 5.32 Å². The molecule has 2 aromatic rings. The Morgan fingerprint density at radius 1 is 1.37 bits per heavy atom. The van der Waals surface area contributed by atoms with E-state index >= 15 is 0 Å². The number of rotatable bonds is 5. The molecule has 1 unspecified atom stereocenters. The van der Waals surface area contributed by atoms with Crippen LogP contribution in [-0.2, 0) is 23.1 Å². The summed E-state index contributed by atoms with van der Waals surface area (Å²) in [5.41, 5.74) is 5.12. The maximum absolute atomic E-state index is 12.2. The highest BCUT2D eigenvalue weighted by molar-refractivity contribution is 7.13. The summed E-state index contributed by atoms with van der Waals surface area (Å²) in [6, 6.07) is 2.44. The summed E-state index contributed by atoms with van der Waals surface area (Å²) < 4.78 is 7.45. The van der Waals surface area contributed by atoms with E-state index in [0.717, 1.165) is 61.6 Å². The number of hydrogen-bond acceptors (Lipinski definition) is 6. The lowest BCUT2D eigenvalue weighted by Crippen LogP contribution is -2.47. The number of ether oxygens (including phenoxy) is 1. The third kappa shape index (κ3) is 4.23. The minimum Gasteiger partial charge on any atom is -0.368 e. The van der Waals surface area contributed by atoms with Gasteiger partial charge in [-0.05, 0) is 38.7 Å². The van der Waals surface area contributed by atoms with Gasteiger partial charge in [0.1, 0.15) is 11.8 Å². The molecule has 0 saturated carbocycles. The van der Waals surface area contributed by atoms with Crippen LogP contribution in [0.1, 0.15) is 37.1 Å². The molecule has 0 aromatic carbocycles. The molecule has 2 aliphatic rings. The van der Waals surface area contributed by atoms with Crippen molar-refractivity contribution in [3.63, 3.8) is 0 Å². The Morgan fingerprint density at radius 2 is 2.19 bits per heavy atom. The summed E-state index contributed by atoms with van der Waals surface area (Å²) in [7, 11) is 2.00. The third-order valence-electron chi connectivity index (χ3n) is 5.50. The fourth-order valence-corrected chi connectivity index (χ4v) is 4.62. The SMILES string of the molecule is Cc1ncsc1-c1cc(CN2CCC(NC(=O)C3CCCO3)CC2)n(C)n1. The topological polar surface area (TPSA) is 72.3 Å². The van der Waals surface area contributed by atoms with Crippen molar-refractivity contribution < 1.29 is 9.53 Å². The quantitative estimate of drug-likeness (QED) is 0.848. The molecule has 1 amide bonds. The Morgan fingerprint density at radius 3 is 2.85 bits per heavy atom. The average Bonchev–Trinajstić information content (AvgIpc) is 3.39. The fraction of sp³-hybridized carbons (Fsp3) is 0.632. The fourth-order valence-electron chi connectivity index (χ4n) is 3.86. The minimum absolute atomic E-state index is 0.0714. The Kier molecular flexibility index (Phi) is 5.56. The van der Waals surface area contributed by atoms with Crippen molar-refractivity contribution in [2.45, 2.75) is 51.3 Å². The molecule has 1 atom stereocenters. The largest absolute Gasteiger partial charge is 0.368 e. The van der Waals surface area contributed by atoms with E-state index in [2.05, 4.69) is 26.4 Å². The number of carbonyl (C=O) groups excluding carboxylic acids is 1. The number of nitrogens with zero attached hydrogens (tertiary/aromatic N) is 4. The zero-order valence-electron chi connectivity index (χ0n) is 16.0. The van der Waals surface area contributed by atoms with Crippen LogP contribution in [0.2, 0.25) is 0 Å². The van der Waals surface area contributed by atoms with E-state index in [9.17, 15) is 4.79 Å². The van der Waals surface area contributed by atoms with E-state index in [0.29, 0.717) is 6.61 Å². The second-order valence-corrected chi connectivity index (χ2v) is 8.33. The van der Waals surface area contributed by atoms with Gasteiger partial charge in [-0.2, -0.15) is 5.10 Å². The first-order valence-electron chi connectivity index (χ1n) is 9.68. The van der Waals surface area contributed by atoms with Gasteiger partial charge in [0.05, 0.1) is 21.8 Å². The Bertz CT molecular complexity index is 788. The first-order valence-corrected chi connectivity index (χ1v) is 10.6. The van der Waals surface area contributed by atoms with Crippen molar-refractivity contribution in [1.29, 1.82) is 0 Å². The average molecular weight is 390 g/mol. The van der Waals surface area contributed by atoms with Gasteiger partial charge in [0.2, 0.25) is 5.91 Å². The van der Waals surface area contributed by atoms with Crippen LogP contribution in [0.4, 0.5) is 0 Å². The molecule has 4 heterocycles. The van der Waals surface area contributed by atoms with Crippen LogP contribution in [0.25, 0.3) is 10.6 Å². The number of aromatic nitrogens is 3. The third-order valence-corrected chi connectivity index (χ3v) is 6.45. The number of piperidine rings is 1. The van der Waals surface area contributed by atoms with Crippen LogP contribution in [0.3, 0.4) is 0 Å². The predicted molar refractivity (Wildman–Crippen MR) is 104 cm³/mol. The van der Waals surface area contributed by atoms with E-state index in [1.165, 1.54) is 5.69 Å². The highest BCUT2D eigenvalue weighted by Gasteiger charge is 2.27. The van der Waals surface area contributed by atoms with E-state index < -0.39 is 0 Å². The zero-order chi connectivity index (χ0) is 18.8. The molecule has 146 valence electrons. The summed E-state index contributed by atoms with van der Waals surface area (Å²) in [5.74, 6) is 0.0714. The van der Waals surface area contributed by atoms with Crippen molar-refractivity contribution >= 4 is 17.2 Å². The number of amides is 1. The molecule has 7 nitrogen and oxygen atoms in total. The highest BCUT2D eigenvalue weighted by atomic mass is 32.1. The smallest absolute Gasteiger partial charge is 0.249 e. The van der Waals surface area contributed by atoms with Gasteiger partial charge in [0.15, 0.2) is 0 Å². The Labute approximate surface area is 163 Å². The number of hydrogen-bond donors (Lipinski definition) is 1. The molecule has 2 saturated heterocycles. The molecule has 0 aliphatic carbocycles. The number of thiazole rings is 1. The van der Waals surface area contributed by atoms with E-state index in [1.807, 2.05) is 24.2 Å². The molecular weight excluding hydrogens is 362 g/mol. The summed E-state index contributed by atoms with van der Waals surface area (Å²) in [6.07, 6.45) is 3.58. The molecule has 8 heteroatoms. The molecule has 2 fully saturated rings. The maximum Gasteiger partial charge on any atom is 0.249 e. The lowest BCUT2D eigenvalue weighted by atomic mass is 10.0. The number of likely N-dealkylation sites (tertiary alicyclic amines) is 1. The Balaban J connectivity index is 1.30. The van der Waals surface area contributed by atoms with Crippen molar-refractivity contribution in [2.75, 3.05) is 19.7 Å². The van der Waals surface area contributed by atoms with Crippen LogP contribution in [-0.4, -0.2) is 57.4 Å². The number of carbonyl (C=O) groups is 1. The lowest BCUT2D eigenvalue weighted by molar-refractivity contribution is -0.131. The Hall–Kier alpha value is -1.77. The van der Waals surface area contributed by atoms with Crippen LogP contribution in [0.5, 0.6) is 0 Å². The summed E-state index contributed by atoms with van der Waals surface area (Å²) in [5, 5.41) is 7.84. The molecular formula is C19H27N5O2S. The van der Waals surface area contributed by atoms with E-state index in [-0.39, 0.29) is 18.1 Å². The van der Waals surface area contributed by atoms with E-state index in [1.54, 1.807) is 11.3 Å². The summed E-state index contributed by atoms with van der Waals surface area (Å²) in [6.45, 7) is 5.58. The van der Waals surface area contributed by atoms with Gasteiger partial charge in [0, 0.05) is 39.3 Å². The summed E-state index contributed by atoms with van der Waals surface area (Å²) >= 11 is 1.64. The molecule has 0 spiro atoms. The molecule has 0 bridgehead atoms. The van der Waals surface area contributed by atoms with Crippen molar-refractivity contribution in [3.05, 3.63) is 23.0 Å². The van der Waals surface area contributed by atoms with Crippen LogP contribution in [0, 0.1) is 6.92 Å². The predicted octanol–water partition coefficient (Wildman–Crippen LogP) is 2.11. The minimum atomic E-state index is -0.230. The van der Waals surface area contributed by atoms with Gasteiger partial charge >= 0.3 is 0 Å².